The molecule has 3 nitrogen and oxygen atoms in total. The molecule has 0 radical (unpaired) electrons. The van der Waals surface area contributed by atoms with E-state index < -0.39 is 5.97 Å². The Morgan fingerprint density at radius 3 is 2.92 bits per heavy atom. The zero-order chi connectivity index (χ0) is 9.42. The average molecular weight is 183 g/mol. The molecule has 0 aromatic rings. The minimum absolute atomic E-state index is 0.278. The normalized spacial score (nSPS) is 44.4. The van der Waals surface area contributed by atoms with Crippen molar-refractivity contribution in [2.75, 3.05) is 6.54 Å². The lowest BCUT2D eigenvalue weighted by Crippen LogP contribution is -2.39. The molecule has 0 amide bonds. The third-order valence-electron chi connectivity index (χ3n) is 3.69. The van der Waals surface area contributed by atoms with Crippen LogP contribution in [0.1, 0.15) is 26.2 Å². The second-order valence-electron chi connectivity index (χ2n) is 4.47. The summed E-state index contributed by atoms with van der Waals surface area (Å²) in [5, 5.41) is 12.1. The summed E-state index contributed by atoms with van der Waals surface area (Å²) in [6.07, 6.45) is 3.69. The van der Waals surface area contributed by atoms with Crippen LogP contribution in [0.4, 0.5) is 0 Å². The number of aliphatic carboxylic acids is 1. The van der Waals surface area contributed by atoms with Crippen LogP contribution in [0.3, 0.4) is 0 Å². The second-order valence-corrected chi connectivity index (χ2v) is 4.47. The van der Waals surface area contributed by atoms with Crippen LogP contribution >= 0.6 is 0 Å². The van der Waals surface area contributed by atoms with E-state index in [2.05, 4.69) is 12.2 Å². The first-order valence-electron chi connectivity index (χ1n) is 5.16. The van der Waals surface area contributed by atoms with Crippen molar-refractivity contribution >= 4 is 5.97 Å². The van der Waals surface area contributed by atoms with Crippen LogP contribution in [0, 0.1) is 17.8 Å². The predicted molar refractivity (Wildman–Crippen MR) is 49.4 cm³/mol. The summed E-state index contributed by atoms with van der Waals surface area (Å²) in [6.45, 7) is 3.10. The quantitative estimate of drug-likeness (QED) is 0.640. The van der Waals surface area contributed by atoms with Crippen molar-refractivity contribution in [1.82, 2.24) is 5.32 Å². The number of carboxylic acids is 1. The molecule has 0 aromatic heterocycles. The maximum absolute atomic E-state index is 10.9. The molecule has 1 heterocycles. The fourth-order valence-electron chi connectivity index (χ4n) is 3.06. The summed E-state index contributed by atoms with van der Waals surface area (Å²) in [5.41, 5.74) is 0. The van der Waals surface area contributed by atoms with E-state index in [-0.39, 0.29) is 6.04 Å². The van der Waals surface area contributed by atoms with E-state index in [0.717, 1.165) is 6.54 Å². The van der Waals surface area contributed by atoms with Gasteiger partial charge in [-0.2, -0.15) is 0 Å². The molecular formula is C10H17NO2. The molecule has 1 saturated carbocycles. The Balaban J connectivity index is 2.13. The zero-order valence-corrected chi connectivity index (χ0v) is 7.99. The van der Waals surface area contributed by atoms with Gasteiger partial charge in [0.25, 0.3) is 0 Å². The SMILES string of the molecule is C[C@H]1CCCC2CNC(C(=O)O)C21. The lowest BCUT2D eigenvalue weighted by molar-refractivity contribution is -0.141. The van der Waals surface area contributed by atoms with Gasteiger partial charge in [0, 0.05) is 0 Å². The summed E-state index contributed by atoms with van der Waals surface area (Å²) in [5.74, 6) is 0.909. The van der Waals surface area contributed by atoms with Gasteiger partial charge in [-0.3, -0.25) is 4.79 Å². The van der Waals surface area contributed by atoms with Crippen LogP contribution < -0.4 is 5.32 Å². The first-order valence-corrected chi connectivity index (χ1v) is 5.16. The number of nitrogens with one attached hydrogen (secondary N) is 1. The van der Waals surface area contributed by atoms with E-state index in [4.69, 9.17) is 5.11 Å². The van der Waals surface area contributed by atoms with Gasteiger partial charge < -0.3 is 10.4 Å². The van der Waals surface area contributed by atoms with Crippen LogP contribution in [0.25, 0.3) is 0 Å². The highest BCUT2D eigenvalue weighted by Gasteiger charge is 2.44. The Morgan fingerprint density at radius 1 is 1.46 bits per heavy atom. The minimum atomic E-state index is -0.666. The first kappa shape index (κ1) is 9.00. The standard InChI is InChI=1S/C10H17NO2/c1-6-3-2-4-7-5-11-9(8(6)7)10(12)13/h6-9,11H,2-5H2,1H3,(H,12,13)/t6-,7?,8?,9?/m0/s1. The highest BCUT2D eigenvalue weighted by Crippen LogP contribution is 2.39. The van der Waals surface area contributed by atoms with Gasteiger partial charge >= 0.3 is 5.97 Å². The Labute approximate surface area is 78.5 Å². The van der Waals surface area contributed by atoms with Gasteiger partial charge in [0.1, 0.15) is 6.04 Å². The van der Waals surface area contributed by atoms with Crippen molar-refractivity contribution in [3.63, 3.8) is 0 Å². The Bertz CT molecular complexity index is 217. The van der Waals surface area contributed by atoms with Crippen molar-refractivity contribution in [1.29, 1.82) is 0 Å². The molecule has 2 rings (SSSR count). The van der Waals surface area contributed by atoms with Crippen molar-refractivity contribution in [3.8, 4) is 0 Å². The van der Waals surface area contributed by atoms with Crippen LogP contribution in [0.5, 0.6) is 0 Å². The average Bonchev–Trinajstić information content (AvgIpc) is 2.49. The number of rotatable bonds is 1. The summed E-state index contributed by atoms with van der Waals surface area (Å²) < 4.78 is 0. The smallest absolute Gasteiger partial charge is 0.321 e. The Hall–Kier alpha value is -0.570. The number of hydrogen-bond donors (Lipinski definition) is 2. The van der Waals surface area contributed by atoms with Gasteiger partial charge in [-0.25, -0.2) is 0 Å². The molecule has 3 unspecified atom stereocenters. The van der Waals surface area contributed by atoms with Gasteiger partial charge in [0.05, 0.1) is 0 Å². The van der Waals surface area contributed by atoms with E-state index in [1.165, 1.54) is 19.3 Å². The number of hydrogen-bond acceptors (Lipinski definition) is 2. The molecule has 1 saturated heterocycles. The van der Waals surface area contributed by atoms with Crippen LogP contribution in [0.2, 0.25) is 0 Å². The van der Waals surface area contributed by atoms with Crippen molar-refractivity contribution in [3.05, 3.63) is 0 Å². The number of carbonyl (C=O) groups is 1. The summed E-state index contributed by atoms with van der Waals surface area (Å²) in [4.78, 5) is 10.9. The van der Waals surface area contributed by atoms with Gasteiger partial charge in [-0.15, -0.1) is 0 Å². The maximum atomic E-state index is 10.9. The summed E-state index contributed by atoms with van der Waals surface area (Å²) in [6, 6.07) is -0.278. The lowest BCUT2D eigenvalue weighted by Gasteiger charge is -2.32. The van der Waals surface area contributed by atoms with Crippen LogP contribution in [-0.4, -0.2) is 23.7 Å². The van der Waals surface area contributed by atoms with Crippen LogP contribution in [0.15, 0.2) is 0 Å². The maximum Gasteiger partial charge on any atom is 0.321 e. The molecular weight excluding hydrogens is 166 g/mol. The van der Waals surface area contributed by atoms with E-state index in [0.29, 0.717) is 17.8 Å². The van der Waals surface area contributed by atoms with Gasteiger partial charge in [-0.05, 0) is 30.7 Å². The molecule has 2 N–H and O–H groups in total. The third-order valence-corrected chi connectivity index (χ3v) is 3.69. The van der Waals surface area contributed by atoms with E-state index in [9.17, 15) is 4.79 Å². The molecule has 0 spiro atoms. The zero-order valence-electron chi connectivity index (χ0n) is 7.99. The molecule has 3 heteroatoms. The molecule has 1 aliphatic carbocycles. The monoisotopic (exact) mass is 183 g/mol. The molecule has 4 atom stereocenters. The number of carboxylic acid groups (broad SMARTS) is 1. The summed E-state index contributed by atoms with van der Waals surface area (Å²) in [7, 11) is 0. The fourth-order valence-corrected chi connectivity index (χ4v) is 3.06. The highest BCUT2D eigenvalue weighted by molar-refractivity contribution is 5.74. The molecule has 2 aliphatic rings. The molecule has 1 aliphatic heterocycles. The Kier molecular flexibility index (Phi) is 2.28. The minimum Gasteiger partial charge on any atom is -0.480 e. The second kappa shape index (κ2) is 3.29. The fraction of sp³-hybridized carbons (Fsp3) is 0.900. The van der Waals surface area contributed by atoms with Crippen molar-refractivity contribution in [2.45, 2.75) is 32.2 Å². The van der Waals surface area contributed by atoms with Crippen LogP contribution in [-0.2, 0) is 4.79 Å². The molecule has 13 heavy (non-hydrogen) atoms. The largest absolute Gasteiger partial charge is 0.480 e. The van der Waals surface area contributed by atoms with E-state index in [1.54, 1.807) is 0 Å². The van der Waals surface area contributed by atoms with Gasteiger partial charge in [-0.1, -0.05) is 19.8 Å². The number of fused-ring (bicyclic) bond motifs is 1. The van der Waals surface area contributed by atoms with E-state index in [1.807, 2.05) is 0 Å². The van der Waals surface area contributed by atoms with Crippen molar-refractivity contribution in [2.24, 2.45) is 17.8 Å². The predicted octanol–water partition coefficient (Wildman–Crippen LogP) is 1.10. The van der Waals surface area contributed by atoms with Crippen molar-refractivity contribution < 1.29 is 9.90 Å². The molecule has 0 bridgehead atoms. The molecule has 74 valence electrons. The first-order chi connectivity index (χ1) is 6.20. The van der Waals surface area contributed by atoms with Gasteiger partial charge in [0.15, 0.2) is 0 Å². The molecule has 2 fully saturated rings. The molecule has 0 aromatic carbocycles. The van der Waals surface area contributed by atoms with Gasteiger partial charge in [0.2, 0.25) is 0 Å². The third kappa shape index (κ3) is 1.46. The van der Waals surface area contributed by atoms with E-state index >= 15 is 0 Å². The lowest BCUT2D eigenvalue weighted by atomic mass is 9.72. The summed E-state index contributed by atoms with van der Waals surface area (Å²) >= 11 is 0. The topological polar surface area (TPSA) is 49.3 Å². The Morgan fingerprint density at radius 2 is 2.23 bits per heavy atom. The highest BCUT2D eigenvalue weighted by atomic mass is 16.4.